The smallest absolute Gasteiger partial charge is 0.290 e. The van der Waals surface area contributed by atoms with Gasteiger partial charge in [-0.15, -0.1) is 0 Å². The highest BCUT2D eigenvalue weighted by molar-refractivity contribution is 6.11. The molecule has 2 rings (SSSR count). The zero-order valence-electron chi connectivity index (χ0n) is 14.6. The van der Waals surface area contributed by atoms with Gasteiger partial charge < -0.3 is 24.6 Å². The molecular weight excluding hydrogens is 338 g/mol. The molecule has 7 nitrogen and oxygen atoms in total. The molecule has 0 unspecified atom stereocenters. The molecule has 0 aromatic heterocycles. The molecule has 1 amide bonds. The van der Waals surface area contributed by atoms with Crippen LogP contribution in [-0.4, -0.2) is 38.1 Å². The molecular formula is C19H19NO6. The standard InChI is InChI=1S/C19H19NO6/c1-24-14-6-4-5-12(9-14)15(21)11-16(22)19(23)20-13-7-8-17(25-2)18(10-13)26-3/h4-11,22H,1-3H3,(H,20,23)/b16-11-. The second-order valence-electron chi connectivity index (χ2n) is 5.15. The highest BCUT2D eigenvalue weighted by Crippen LogP contribution is 2.29. The summed E-state index contributed by atoms with van der Waals surface area (Å²) in [5.41, 5.74) is 0.663. The zero-order chi connectivity index (χ0) is 19.1. The fourth-order valence-electron chi connectivity index (χ4n) is 2.16. The van der Waals surface area contributed by atoms with Crippen LogP contribution in [0.1, 0.15) is 10.4 Å². The lowest BCUT2D eigenvalue weighted by molar-refractivity contribution is -0.115. The molecule has 0 fully saturated rings. The van der Waals surface area contributed by atoms with Crippen LogP contribution < -0.4 is 19.5 Å². The van der Waals surface area contributed by atoms with Gasteiger partial charge in [0.2, 0.25) is 0 Å². The summed E-state index contributed by atoms with van der Waals surface area (Å²) < 4.78 is 15.3. The predicted molar refractivity (Wildman–Crippen MR) is 96.2 cm³/mol. The van der Waals surface area contributed by atoms with Gasteiger partial charge in [0.05, 0.1) is 21.3 Å². The van der Waals surface area contributed by atoms with Crippen molar-refractivity contribution in [2.24, 2.45) is 0 Å². The molecule has 2 aromatic rings. The van der Waals surface area contributed by atoms with Crippen LogP contribution in [0.3, 0.4) is 0 Å². The number of allylic oxidation sites excluding steroid dienone is 1. The number of ketones is 1. The summed E-state index contributed by atoms with van der Waals surface area (Å²) in [6.45, 7) is 0. The molecule has 0 saturated carbocycles. The molecule has 0 radical (unpaired) electrons. The second kappa shape index (κ2) is 8.57. The topological polar surface area (TPSA) is 94.1 Å². The summed E-state index contributed by atoms with van der Waals surface area (Å²) in [4.78, 5) is 24.2. The largest absolute Gasteiger partial charge is 0.503 e. The van der Waals surface area contributed by atoms with Crippen molar-refractivity contribution in [2.75, 3.05) is 26.6 Å². The monoisotopic (exact) mass is 357 g/mol. The lowest BCUT2D eigenvalue weighted by Crippen LogP contribution is -2.15. The van der Waals surface area contributed by atoms with Crippen molar-refractivity contribution in [3.05, 3.63) is 59.9 Å². The highest BCUT2D eigenvalue weighted by atomic mass is 16.5. The van der Waals surface area contributed by atoms with E-state index in [1.807, 2.05) is 0 Å². The van der Waals surface area contributed by atoms with E-state index in [1.165, 1.54) is 33.5 Å². The molecule has 7 heteroatoms. The Bertz CT molecular complexity index is 844. The molecule has 2 aromatic carbocycles. The van der Waals surface area contributed by atoms with Gasteiger partial charge in [0.15, 0.2) is 23.0 Å². The zero-order valence-corrected chi connectivity index (χ0v) is 14.6. The van der Waals surface area contributed by atoms with Crippen LogP contribution in [-0.2, 0) is 4.79 Å². The summed E-state index contributed by atoms with van der Waals surface area (Å²) in [6.07, 6.45) is 0.852. The fourth-order valence-corrected chi connectivity index (χ4v) is 2.16. The average Bonchev–Trinajstić information content (AvgIpc) is 2.67. The van der Waals surface area contributed by atoms with Gasteiger partial charge in [-0.3, -0.25) is 9.59 Å². The van der Waals surface area contributed by atoms with E-state index in [0.29, 0.717) is 22.9 Å². The van der Waals surface area contributed by atoms with Crippen molar-refractivity contribution in [1.29, 1.82) is 0 Å². The molecule has 0 bridgehead atoms. The Kier molecular flexibility index (Phi) is 6.21. The SMILES string of the molecule is COc1cccc(C(=O)/C=C(\O)C(=O)Nc2ccc(OC)c(OC)c2)c1. The maximum absolute atomic E-state index is 12.2. The summed E-state index contributed by atoms with van der Waals surface area (Å²) in [7, 11) is 4.44. The van der Waals surface area contributed by atoms with Gasteiger partial charge in [-0.05, 0) is 24.3 Å². The van der Waals surface area contributed by atoms with E-state index < -0.39 is 17.4 Å². The normalized spacial score (nSPS) is 10.8. The van der Waals surface area contributed by atoms with Gasteiger partial charge in [-0.1, -0.05) is 12.1 Å². The number of carbonyl (C=O) groups is 2. The van der Waals surface area contributed by atoms with E-state index in [1.54, 1.807) is 30.3 Å². The number of rotatable bonds is 7. The Labute approximate surface area is 150 Å². The third kappa shape index (κ3) is 4.54. The number of nitrogens with one attached hydrogen (secondary N) is 1. The number of methoxy groups -OCH3 is 3. The van der Waals surface area contributed by atoms with E-state index in [9.17, 15) is 14.7 Å². The minimum atomic E-state index is -0.825. The minimum Gasteiger partial charge on any atom is -0.503 e. The Morgan fingerprint density at radius 1 is 0.962 bits per heavy atom. The van der Waals surface area contributed by atoms with E-state index in [-0.39, 0.29) is 5.56 Å². The first-order valence-electron chi connectivity index (χ1n) is 7.61. The van der Waals surface area contributed by atoms with Crippen molar-refractivity contribution in [1.82, 2.24) is 0 Å². The Morgan fingerprint density at radius 3 is 2.35 bits per heavy atom. The third-order valence-electron chi connectivity index (χ3n) is 3.50. The number of amides is 1. The molecule has 136 valence electrons. The number of hydrogen-bond acceptors (Lipinski definition) is 6. The molecule has 0 saturated heterocycles. The van der Waals surface area contributed by atoms with Crippen molar-refractivity contribution in [3.63, 3.8) is 0 Å². The predicted octanol–water partition coefficient (Wildman–Crippen LogP) is 2.98. The maximum Gasteiger partial charge on any atom is 0.290 e. The van der Waals surface area contributed by atoms with Crippen LogP contribution in [0.25, 0.3) is 0 Å². The van der Waals surface area contributed by atoms with Crippen LogP contribution in [0.2, 0.25) is 0 Å². The Hall–Kier alpha value is -3.48. The maximum atomic E-state index is 12.2. The molecule has 0 aliphatic rings. The third-order valence-corrected chi connectivity index (χ3v) is 3.50. The van der Waals surface area contributed by atoms with Gasteiger partial charge in [0.1, 0.15) is 5.75 Å². The molecule has 0 heterocycles. The van der Waals surface area contributed by atoms with E-state index in [4.69, 9.17) is 14.2 Å². The second-order valence-corrected chi connectivity index (χ2v) is 5.15. The van der Waals surface area contributed by atoms with Gasteiger partial charge in [-0.25, -0.2) is 0 Å². The van der Waals surface area contributed by atoms with Gasteiger partial charge in [0, 0.05) is 23.4 Å². The molecule has 0 spiro atoms. The van der Waals surface area contributed by atoms with Gasteiger partial charge in [0.25, 0.3) is 5.91 Å². The first kappa shape index (κ1) is 18.9. The fraction of sp³-hybridized carbons (Fsp3) is 0.158. The van der Waals surface area contributed by atoms with Crippen LogP contribution in [0.15, 0.2) is 54.3 Å². The van der Waals surface area contributed by atoms with Crippen molar-refractivity contribution >= 4 is 17.4 Å². The number of carbonyl (C=O) groups excluding carboxylic acids is 2. The van der Waals surface area contributed by atoms with Gasteiger partial charge >= 0.3 is 0 Å². The van der Waals surface area contributed by atoms with Crippen LogP contribution in [0.5, 0.6) is 17.2 Å². The number of aliphatic hydroxyl groups excluding tert-OH is 1. The van der Waals surface area contributed by atoms with E-state index in [0.717, 1.165) is 6.08 Å². The average molecular weight is 357 g/mol. The highest BCUT2D eigenvalue weighted by Gasteiger charge is 2.13. The lowest BCUT2D eigenvalue weighted by atomic mass is 10.1. The van der Waals surface area contributed by atoms with E-state index in [2.05, 4.69) is 5.32 Å². The molecule has 2 N–H and O–H groups in total. The van der Waals surface area contributed by atoms with Crippen LogP contribution in [0.4, 0.5) is 5.69 Å². The van der Waals surface area contributed by atoms with Gasteiger partial charge in [-0.2, -0.15) is 0 Å². The first-order valence-corrected chi connectivity index (χ1v) is 7.61. The molecule has 0 atom stereocenters. The summed E-state index contributed by atoms with van der Waals surface area (Å²) in [5.74, 6) is -0.650. The Morgan fingerprint density at radius 2 is 1.69 bits per heavy atom. The number of anilines is 1. The van der Waals surface area contributed by atoms with Crippen LogP contribution in [0, 0.1) is 0 Å². The molecule has 0 aliphatic heterocycles. The minimum absolute atomic E-state index is 0.287. The summed E-state index contributed by atoms with van der Waals surface area (Å²) in [5, 5.41) is 12.4. The van der Waals surface area contributed by atoms with Crippen LogP contribution >= 0.6 is 0 Å². The number of ether oxygens (including phenoxy) is 3. The number of aliphatic hydroxyl groups is 1. The summed E-state index contributed by atoms with van der Waals surface area (Å²) >= 11 is 0. The van der Waals surface area contributed by atoms with Crippen molar-refractivity contribution in [2.45, 2.75) is 0 Å². The first-order chi connectivity index (χ1) is 12.5. The summed E-state index contributed by atoms with van der Waals surface area (Å²) in [6, 6.07) is 11.1. The number of hydrogen-bond donors (Lipinski definition) is 2. The molecule has 0 aliphatic carbocycles. The lowest BCUT2D eigenvalue weighted by Gasteiger charge is -2.10. The van der Waals surface area contributed by atoms with E-state index >= 15 is 0 Å². The number of benzene rings is 2. The van der Waals surface area contributed by atoms with Crippen molar-refractivity contribution in [3.8, 4) is 17.2 Å². The van der Waals surface area contributed by atoms with Crippen molar-refractivity contribution < 1.29 is 28.9 Å². The quantitative estimate of drug-likeness (QED) is 0.449. The molecule has 26 heavy (non-hydrogen) atoms. The Balaban J connectivity index is 2.13.